The van der Waals surface area contributed by atoms with Gasteiger partial charge in [0.2, 0.25) is 0 Å². The maximum absolute atomic E-state index is 6.12. The molecule has 0 saturated carbocycles. The van der Waals surface area contributed by atoms with E-state index < -0.39 is 0 Å². The van der Waals surface area contributed by atoms with Gasteiger partial charge in [0.05, 0.1) is 0 Å². The standard InChI is InChI=1S/C16H26ClN3O/c1-13(2)12-21-10-6-9-19-16(18-3)20-11-14-7-4-5-8-15(14)17/h4-5,7-8,13H,6,9-12H2,1-3H3,(H2,18,19,20). The summed E-state index contributed by atoms with van der Waals surface area (Å²) in [6.07, 6.45) is 0.958. The number of nitrogens with one attached hydrogen (secondary N) is 2. The van der Waals surface area contributed by atoms with Crippen LogP contribution < -0.4 is 10.6 Å². The molecule has 1 aromatic rings. The van der Waals surface area contributed by atoms with Crippen LogP contribution in [0.3, 0.4) is 0 Å². The van der Waals surface area contributed by atoms with Gasteiger partial charge in [0.1, 0.15) is 0 Å². The number of halogens is 1. The maximum Gasteiger partial charge on any atom is 0.191 e. The lowest BCUT2D eigenvalue weighted by atomic mass is 10.2. The Bertz CT molecular complexity index is 435. The van der Waals surface area contributed by atoms with Crippen molar-refractivity contribution in [2.24, 2.45) is 10.9 Å². The minimum Gasteiger partial charge on any atom is -0.381 e. The number of hydrogen-bond donors (Lipinski definition) is 2. The highest BCUT2D eigenvalue weighted by Crippen LogP contribution is 2.14. The van der Waals surface area contributed by atoms with Crippen LogP contribution in [0.1, 0.15) is 25.8 Å². The van der Waals surface area contributed by atoms with E-state index >= 15 is 0 Å². The van der Waals surface area contributed by atoms with Gasteiger partial charge in [-0.25, -0.2) is 0 Å². The first-order chi connectivity index (χ1) is 10.1. The van der Waals surface area contributed by atoms with Gasteiger partial charge < -0.3 is 15.4 Å². The van der Waals surface area contributed by atoms with Crippen molar-refractivity contribution in [1.82, 2.24) is 10.6 Å². The number of aliphatic imine (C=N–C) groups is 1. The second kappa shape index (κ2) is 10.5. The second-order valence-corrected chi connectivity index (χ2v) is 5.67. The molecule has 0 aliphatic rings. The van der Waals surface area contributed by atoms with Gasteiger partial charge in [0.15, 0.2) is 5.96 Å². The molecule has 4 nitrogen and oxygen atoms in total. The average molecular weight is 312 g/mol. The van der Waals surface area contributed by atoms with E-state index in [1.807, 2.05) is 24.3 Å². The summed E-state index contributed by atoms with van der Waals surface area (Å²) in [5.41, 5.74) is 1.06. The zero-order valence-electron chi connectivity index (χ0n) is 13.2. The molecule has 0 aliphatic carbocycles. The second-order valence-electron chi connectivity index (χ2n) is 5.27. The van der Waals surface area contributed by atoms with Gasteiger partial charge in [-0.15, -0.1) is 0 Å². The zero-order chi connectivity index (χ0) is 15.5. The molecule has 0 saturated heterocycles. The van der Waals surface area contributed by atoms with E-state index in [4.69, 9.17) is 16.3 Å². The third kappa shape index (κ3) is 7.93. The highest BCUT2D eigenvalue weighted by Gasteiger charge is 2.01. The Morgan fingerprint density at radius 2 is 2.05 bits per heavy atom. The lowest BCUT2D eigenvalue weighted by Gasteiger charge is -2.13. The van der Waals surface area contributed by atoms with Crippen LogP contribution >= 0.6 is 11.6 Å². The van der Waals surface area contributed by atoms with Crippen LogP contribution in [0, 0.1) is 5.92 Å². The molecule has 0 aliphatic heterocycles. The van der Waals surface area contributed by atoms with Crippen molar-refractivity contribution in [2.75, 3.05) is 26.8 Å². The van der Waals surface area contributed by atoms with E-state index in [2.05, 4.69) is 29.5 Å². The Morgan fingerprint density at radius 1 is 1.29 bits per heavy atom. The monoisotopic (exact) mass is 311 g/mol. The van der Waals surface area contributed by atoms with E-state index in [9.17, 15) is 0 Å². The SMILES string of the molecule is CN=C(NCCCOCC(C)C)NCc1ccccc1Cl. The van der Waals surface area contributed by atoms with Gasteiger partial charge in [0.25, 0.3) is 0 Å². The molecule has 0 aromatic heterocycles. The summed E-state index contributed by atoms with van der Waals surface area (Å²) in [5, 5.41) is 7.28. The van der Waals surface area contributed by atoms with E-state index in [1.165, 1.54) is 0 Å². The quantitative estimate of drug-likeness (QED) is 0.440. The molecule has 21 heavy (non-hydrogen) atoms. The van der Waals surface area contributed by atoms with Crippen LogP contribution in [0.2, 0.25) is 5.02 Å². The van der Waals surface area contributed by atoms with E-state index in [1.54, 1.807) is 7.05 Å². The Hall–Kier alpha value is -1.26. The Morgan fingerprint density at radius 3 is 2.71 bits per heavy atom. The minimum atomic E-state index is 0.586. The number of ether oxygens (including phenoxy) is 1. The third-order valence-electron chi connectivity index (χ3n) is 2.84. The summed E-state index contributed by atoms with van der Waals surface area (Å²) in [7, 11) is 1.76. The van der Waals surface area contributed by atoms with Gasteiger partial charge in [-0.1, -0.05) is 43.6 Å². The third-order valence-corrected chi connectivity index (χ3v) is 3.21. The lowest BCUT2D eigenvalue weighted by molar-refractivity contribution is 0.108. The molecule has 0 bridgehead atoms. The van der Waals surface area contributed by atoms with Crippen molar-refractivity contribution in [3.63, 3.8) is 0 Å². The molecule has 0 unspecified atom stereocenters. The Balaban J connectivity index is 2.19. The summed E-state index contributed by atoms with van der Waals surface area (Å²) >= 11 is 6.12. The lowest BCUT2D eigenvalue weighted by Crippen LogP contribution is -2.37. The van der Waals surface area contributed by atoms with Crippen molar-refractivity contribution < 1.29 is 4.74 Å². The predicted molar refractivity (Wildman–Crippen MR) is 89.9 cm³/mol. The van der Waals surface area contributed by atoms with Crippen molar-refractivity contribution >= 4 is 17.6 Å². The first kappa shape index (κ1) is 17.8. The predicted octanol–water partition coefficient (Wildman–Crippen LogP) is 3.07. The summed E-state index contributed by atoms with van der Waals surface area (Å²) < 4.78 is 5.54. The molecule has 0 spiro atoms. The van der Waals surface area contributed by atoms with Gasteiger partial charge >= 0.3 is 0 Å². The largest absolute Gasteiger partial charge is 0.381 e. The smallest absolute Gasteiger partial charge is 0.191 e. The first-order valence-corrected chi connectivity index (χ1v) is 7.77. The number of nitrogens with zero attached hydrogens (tertiary/aromatic N) is 1. The summed E-state index contributed by atoms with van der Waals surface area (Å²) in [5.74, 6) is 1.36. The van der Waals surface area contributed by atoms with Crippen LogP contribution in [0.25, 0.3) is 0 Å². The van der Waals surface area contributed by atoms with E-state index in [0.29, 0.717) is 12.5 Å². The zero-order valence-corrected chi connectivity index (χ0v) is 13.9. The average Bonchev–Trinajstić information content (AvgIpc) is 2.47. The molecule has 0 radical (unpaired) electrons. The van der Waals surface area contributed by atoms with Gasteiger partial charge in [0, 0.05) is 38.4 Å². The molecule has 1 rings (SSSR count). The molecule has 5 heteroatoms. The number of benzene rings is 1. The summed E-state index contributed by atoms with van der Waals surface area (Å²) in [4.78, 5) is 4.19. The van der Waals surface area contributed by atoms with E-state index in [-0.39, 0.29) is 0 Å². The topological polar surface area (TPSA) is 45.7 Å². The molecule has 0 heterocycles. The van der Waals surface area contributed by atoms with Crippen molar-refractivity contribution in [2.45, 2.75) is 26.8 Å². The van der Waals surface area contributed by atoms with Crippen molar-refractivity contribution in [3.8, 4) is 0 Å². The van der Waals surface area contributed by atoms with Crippen LogP contribution in [0.15, 0.2) is 29.3 Å². The molecular weight excluding hydrogens is 286 g/mol. The van der Waals surface area contributed by atoms with Crippen LogP contribution in [-0.2, 0) is 11.3 Å². The van der Waals surface area contributed by atoms with Crippen LogP contribution in [-0.4, -0.2) is 32.8 Å². The van der Waals surface area contributed by atoms with E-state index in [0.717, 1.165) is 42.7 Å². The number of guanidine groups is 1. The molecule has 0 amide bonds. The molecule has 0 atom stereocenters. The fourth-order valence-electron chi connectivity index (χ4n) is 1.74. The Labute approximate surface area is 132 Å². The molecule has 2 N–H and O–H groups in total. The molecule has 1 aromatic carbocycles. The summed E-state index contributed by atoms with van der Waals surface area (Å²) in [6.45, 7) is 7.38. The highest BCUT2D eigenvalue weighted by molar-refractivity contribution is 6.31. The highest BCUT2D eigenvalue weighted by atomic mass is 35.5. The van der Waals surface area contributed by atoms with Crippen molar-refractivity contribution in [1.29, 1.82) is 0 Å². The normalized spacial score (nSPS) is 11.8. The van der Waals surface area contributed by atoms with Crippen LogP contribution in [0.5, 0.6) is 0 Å². The summed E-state index contributed by atoms with van der Waals surface area (Å²) in [6, 6.07) is 7.80. The molecular formula is C16H26ClN3O. The number of rotatable bonds is 8. The fraction of sp³-hybridized carbons (Fsp3) is 0.562. The fourth-order valence-corrected chi connectivity index (χ4v) is 1.94. The number of hydrogen-bond acceptors (Lipinski definition) is 2. The minimum absolute atomic E-state index is 0.586. The van der Waals surface area contributed by atoms with Gasteiger partial charge in [-0.05, 0) is 24.0 Å². The molecule has 118 valence electrons. The first-order valence-electron chi connectivity index (χ1n) is 7.39. The molecule has 0 fully saturated rings. The van der Waals surface area contributed by atoms with Gasteiger partial charge in [-0.3, -0.25) is 4.99 Å². The maximum atomic E-state index is 6.12. The van der Waals surface area contributed by atoms with Crippen molar-refractivity contribution in [3.05, 3.63) is 34.9 Å². The Kier molecular flexibility index (Phi) is 8.87. The van der Waals surface area contributed by atoms with Gasteiger partial charge in [-0.2, -0.15) is 0 Å². The van der Waals surface area contributed by atoms with Crippen LogP contribution in [0.4, 0.5) is 0 Å².